The van der Waals surface area contributed by atoms with Crippen molar-refractivity contribution >= 4 is 22.9 Å². The molecule has 0 unspecified atom stereocenters. The second-order valence-corrected chi connectivity index (χ2v) is 3.63. The van der Waals surface area contributed by atoms with E-state index in [1.165, 1.54) is 10.4 Å². The lowest BCUT2D eigenvalue weighted by molar-refractivity contribution is 1.09. The summed E-state index contributed by atoms with van der Waals surface area (Å²) in [7, 11) is 0. The van der Waals surface area contributed by atoms with Gasteiger partial charge < -0.3 is 5.73 Å². The first-order valence-electron chi connectivity index (χ1n) is 2.69. The quantitative estimate of drug-likeness (QED) is 0.672. The van der Waals surface area contributed by atoms with Gasteiger partial charge in [0.15, 0.2) is 0 Å². The topological polar surface area (TPSA) is 26.0 Å². The maximum absolute atomic E-state index is 5.71. The van der Waals surface area contributed by atoms with Gasteiger partial charge in [-0.1, -0.05) is 11.6 Å². The number of hydrogen-bond donors (Lipinski definition) is 1. The number of hydrogen-bond acceptors (Lipinski definition) is 2. The zero-order valence-corrected chi connectivity index (χ0v) is 6.72. The third kappa shape index (κ3) is 1.45. The van der Waals surface area contributed by atoms with E-state index < -0.39 is 0 Å². The third-order valence-electron chi connectivity index (χ3n) is 1.18. The minimum Gasteiger partial charge on any atom is -0.326 e. The van der Waals surface area contributed by atoms with E-state index in [2.05, 4.69) is 0 Å². The van der Waals surface area contributed by atoms with Crippen LogP contribution in [0.1, 0.15) is 10.4 Å². The first-order chi connectivity index (χ1) is 4.24. The fourth-order valence-electron chi connectivity index (χ4n) is 0.681. The van der Waals surface area contributed by atoms with Gasteiger partial charge in [0.2, 0.25) is 0 Å². The molecule has 0 saturated heterocycles. The lowest BCUT2D eigenvalue weighted by Gasteiger charge is -1.87. The van der Waals surface area contributed by atoms with Crippen molar-refractivity contribution in [1.29, 1.82) is 0 Å². The van der Waals surface area contributed by atoms with Crippen molar-refractivity contribution in [3.8, 4) is 0 Å². The molecule has 1 nitrogen and oxygen atoms in total. The minimum absolute atomic E-state index is 0.600. The maximum atomic E-state index is 5.71. The summed E-state index contributed by atoms with van der Waals surface area (Å²) in [5.41, 5.74) is 6.62. The Balaban J connectivity index is 3.01. The maximum Gasteiger partial charge on any atom is 0.0934 e. The zero-order valence-electron chi connectivity index (χ0n) is 5.15. The number of thiophene rings is 1. The van der Waals surface area contributed by atoms with E-state index >= 15 is 0 Å². The predicted molar refractivity (Wildman–Crippen MR) is 42.0 cm³/mol. The van der Waals surface area contributed by atoms with E-state index in [-0.39, 0.29) is 0 Å². The van der Waals surface area contributed by atoms with E-state index in [1.807, 2.05) is 13.0 Å². The van der Waals surface area contributed by atoms with Gasteiger partial charge in [-0.3, -0.25) is 0 Å². The molecule has 0 aliphatic heterocycles. The van der Waals surface area contributed by atoms with Crippen LogP contribution < -0.4 is 5.73 Å². The molecule has 1 aromatic heterocycles. The Morgan fingerprint density at radius 1 is 1.78 bits per heavy atom. The summed E-state index contributed by atoms with van der Waals surface area (Å²) < 4.78 is 0.827. The second-order valence-electron chi connectivity index (χ2n) is 1.86. The van der Waals surface area contributed by atoms with Gasteiger partial charge >= 0.3 is 0 Å². The highest BCUT2D eigenvalue weighted by Crippen LogP contribution is 2.25. The van der Waals surface area contributed by atoms with Crippen LogP contribution in [0.25, 0.3) is 0 Å². The van der Waals surface area contributed by atoms with Crippen molar-refractivity contribution < 1.29 is 0 Å². The summed E-state index contributed by atoms with van der Waals surface area (Å²) in [6.07, 6.45) is 0. The van der Waals surface area contributed by atoms with Crippen LogP contribution in [0.5, 0.6) is 0 Å². The standard InChI is InChI=1S/C6H8ClNS/c1-4-2-6(7)9-5(4)3-8/h2H,3,8H2,1H3. The van der Waals surface area contributed by atoms with E-state index in [1.54, 1.807) is 11.3 Å². The molecule has 0 bridgehead atoms. The highest BCUT2D eigenvalue weighted by Gasteiger charge is 1.99. The molecule has 1 rings (SSSR count). The first-order valence-corrected chi connectivity index (χ1v) is 3.88. The number of nitrogens with two attached hydrogens (primary N) is 1. The molecule has 9 heavy (non-hydrogen) atoms. The molecule has 0 aliphatic carbocycles. The Morgan fingerprint density at radius 3 is 2.67 bits per heavy atom. The summed E-state index contributed by atoms with van der Waals surface area (Å²) in [5, 5.41) is 0. The molecule has 0 atom stereocenters. The highest BCUT2D eigenvalue weighted by molar-refractivity contribution is 7.16. The average molecular weight is 162 g/mol. The largest absolute Gasteiger partial charge is 0.326 e. The van der Waals surface area contributed by atoms with E-state index in [0.717, 1.165) is 4.34 Å². The van der Waals surface area contributed by atoms with Crippen molar-refractivity contribution in [3.05, 3.63) is 20.8 Å². The van der Waals surface area contributed by atoms with Crippen LogP contribution >= 0.6 is 22.9 Å². The van der Waals surface area contributed by atoms with Gasteiger partial charge in [0.05, 0.1) is 4.34 Å². The summed E-state index contributed by atoms with van der Waals surface area (Å²) in [4.78, 5) is 1.18. The molecular weight excluding hydrogens is 154 g/mol. The number of aryl methyl sites for hydroxylation is 1. The van der Waals surface area contributed by atoms with Gasteiger partial charge in [-0.25, -0.2) is 0 Å². The van der Waals surface area contributed by atoms with Crippen LogP contribution in [-0.4, -0.2) is 0 Å². The van der Waals surface area contributed by atoms with Crippen LogP contribution in [0.4, 0.5) is 0 Å². The highest BCUT2D eigenvalue weighted by atomic mass is 35.5. The van der Waals surface area contributed by atoms with Crippen LogP contribution in [0.3, 0.4) is 0 Å². The summed E-state index contributed by atoms with van der Waals surface area (Å²) >= 11 is 7.26. The van der Waals surface area contributed by atoms with Gasteiger partial charge in [-0.05, 0) is 18.6 Å². The van der Waals surface area contributed by atoms with Crippen molar-refractivity contribution in [3.63, 3.8) is 0 Å². The van der Waals surface area contributed by atoms with Crippen molar-refractivity contribution in [1.82, 2.24) is 0 Å². The van der Waals surface area contributed by atoms with E-state index in [0.29, 0.717) is 6.54 Å². The summed E-state index contributed by atoms with van der Waals surface area (Å²) in [6.45, 7) is 2.62. The van der Waals surface area contributed by atoms with E-state index in [9.17, 15) is 0 Å². The van der Waals surface area contributed by atoms with Crippen LogP contribution in [-0.2, 0) is 6.54 Å². The van der Waals surface area contributed by atoms with Crippen molar-refractivity contribution in [2.24, 2.45) is 5.73 Å². The summed E-state index contributed by atoms with van der Waals surface area (Å²) in [6, 6.07) is 1.94. The molecule has 0 spiro atoms. The van der Waals surface area contributed by atoms with Gasteiger partial charge in [-0.2, -0.15) is 0 Å². The molecule has 1 heterocycles. The molecule has 1 aromatic rings. The molecule has 0 fully saturated rings. The first kappa shape index (κ1) is 7.06. The fourth-order valence-corrected chi connectivity index (χ4v) is 1.90. The Bertz CT molecular complexity index is 207. The molecule has 50 valence electrons. The molecular formula is C6H8ClNS. The van der Waals surface area contributed by atoms with Crippen LogP contribution in [0, 0.1) is 6.92 Å². The number of halogens is 1. The monoisotopic (exact) mass is 161 g/mol. The molecule has 2 N–H and O–H groups in total. The lowest BCUT2D eigenvalue weighted by atomic mass is 10.3. The van der Waals surface area contributed by atoms with Gasteiger partial charge in [-0.15, -0.1) is 11.3 Å². The Labute approximate surface area is 63.4 Å². The summed E-state index contributed by atoms with van der Waals surface area (Å²) in [5.74, 6) is 0. The van der Waals surface area contributed by atoms with Crippen molar-refractivity contribution in [2.45, 2.75) is 13.5 Å². The van der Waals surface area contributed by atoms with Gasteiger partial charge in [0, 0.05) is 11.4 Å². The third-order valence-corrected chi connectivity index (χ3v) is 2.56. The Morgan fingerprint density at radius 2 is 2.44 bits per heavy atom. The SMILES string of the molecule is Cc1cc(Cl)sc1CN. The van der Waals surface area contributed by atoms with Crippen LogP contribution in [0.2, 0.25) is 4.34 Å². The second kappa shape index (κ2) is 2.69. The Hall–Kier alpha value is -0.0500. The molecule has 0 aliphatic rings. The molecule has 0 amide bonds. The Kier molecular flexibility index (Phi) is 2.11. The average Bonchev–Trinajstić information content (AvgIpc) is 2.10. The van der Waals surface area contributed by atoms with Gasteiger partial charge in [0.25, 0.3) is 0 Å². The normalized spacial score (nSPS) is 10.1. The smallest absolute Gasteiger partial charge is 0.0934 e. The minimum atomic E-state index is 0.600. The van der Waals surface area contributed by atoms with E-state index in [4.69, 9.17) is 17.3 Å². The fraction of sp³-hybridized carbons (Fsp3) is 0.333. The molecule has 0 saturated carbocycles. The lowest BCUT2D eigenvalue weighted by Crippen LogP contribution is -1.93. The number of rotatable bonds is 1. The molecule has 0 aromatic carbocycles. The van der Waals surface area contributed by atoms with Crippen molar-refractivity contribution in [2.75, 3.05) is 0 Å². The predicted octanol–water partition coefficient (Wildman–Crippen LogP) is 2.17. The van der Waals surface area contributed by atoms with Gasteiger partial charge in [0.1, 0.15) is 0 Å². The molecule has 0 radical (unpaired) electrons. The zero-order chi connectivity index (χ0) is 6.85. The van der Waals surface area contributed by atoms with Crippen LogP contribution in [0.15, 0.2) is 6.07 Å². The molecule has 3 heteroatoms.